The number of hydrogen-bond acceptors (Lipinski definition) is 10. The smallest absolute Gasteiger partial charge is 0.271 e. The van der Waals surface area contributed by atoms with Gasteiger partial charge in [0.2, 0.25) is 11.6 Å². The van der Waals surface area contributed by atoms with Crippen molar-refractivity contribution in [3.63, 3.8) is 0 Å². The van der Waals surface area contributed by atoms with Crippen LogP contribution in [-0.2, 0) is 11.2 Å². The Morgan fingerprint density at radius 2 is 0.950 bits per heavy atom. The van der Waals surface area contributed by atoms with Gasteiger partial charge in [-0.25, -0.2) is 47.8 Å². The first-order valence-electron chi connectivity index (χ1n) is 17.7. The molecule has 9 rings (SSSR count). The van der Waals surface area contributed by atoms with Crippen molar-refractivity contribution in [2.45, 2.75) is 38.9 Å². The number of fused-ring (bicyclic) bond motifs is 8. The molecule has 0 saturated carbocycles. The minimum Gasteiger partial charge on any atom is -0.482 e. The third-order valence-electron chi connectivity index (χ3n) is 10.5. The minimum absolute atomic E-state index is 0.108. The van der Waals surface area contributed by atoms with Gasteiger partial charge in [0.05, 0.1) is 35.0 Å². The predicted molar refractivity (Wildman–Crippen MR) is 214 cm³/mol. The van der Waals surface area contributed by atoms with E-state index < -0.39 is 57.4 Å². The molecule has 0 atom stereocenters. The van der Waals surface area contributed by atoms with Crippen LogP contribution in [0.5, 0.6) is 11.5 Å². The summed E-state index contributed by atoms with van der Waals surface area (Å²) < 4.78 is 70.3. The van der Waals surface area contributed by atoms with E-state index in [0.717, 1.165) is 69.2 Å². The molecule has 0 unspecified atom stereocenters. The summed E-state index contributed by atoms with van der Waals surface area (Å²) in [5.41, 5.74) is -1.52. The molecule has 4 heterocycles. The van der Waals surface area contributed by atoms with Crippen LogP contribution in [0.3, 0.4) is 0 Å². The number of Topliss-reactive ketones (excluding diaryl/α,β-unsaturated/α-hetero) is 2. The molecule has 10 nitrogen and oxygen atoms in total. The number of carbonyl (C=O) groups is 2. The van der Waals surface area contributed by atoms with Gasteiger partial charge in [0.15, 0.2) is 23.3 Å². The molecule has 2 aliphatic carbocycles. The lowest BCUT2D eigenvalue weighted by Crippen LogP contribution is -2.32. The van der Waals surface area contributed by atoms with Gasteiger partial charge < -0.3 is 9.47 Å². The second-order valence-electron chi connectivity index (χ2n) is 14.8. The Morgan fingerprint density at radius 3 is 1.28 bits per heavy atom. The summed E-state index contributed by atoms with van der Waals surface area (Å²) >= 11 is 2.33. The van der Waals surface area contributed by atoms with Crippen LogP contribution in [0.4, 0.5) is 27.6 Å². The largest absolute Gasteiger partial charge is 0.482 e. The third-order valence-corrected chi connectivity index (χ3v) is 12.5. The van der Waals surface area contributed by atoms with E-state index in [-0.39, 0.29) is 54.8 Å². The number of ether oxygens (including phenoxy) is 2. The fraction of sp³-hybridized carbons (Fsp3) is 0.136. The van der Waals surface area contributed by atoms with Gasteiger partial charge in [-0.1, -0.05) is 0 Å². The molecule has 2 aliphatic heterocycles. The highest BCUT2D eigenvalue weighted by Crippen LogP contribution is 2.58. The molecular weight excluding hydrogens is 817 g/mol. The normalized spacial score (nSPS) is 19.0. The molecule has 0 bridgehead atoms. The Kier molecular flexibility index (Phi) is 8.24. The third kappa shape index (κ3) is 5.46. The number of nitriles is 2. The summed E-state index contributed by atoms with van der Waals surface area (Å²) in [6.45, 7) is 22.5. The second-order valence-corrected chi connectivity index (χ2v) is 16.9. The Labute approximate surface area is 345 Å². The number of benzene rings is 3. The summed E-state index contributed by atoms with van der Waals surface area (Å²) in [6, 6.07) is 13.6. The van der Waals surface area contributed by atoms with Crippen molar-refractivity contribution in [1.29, 1.82) is 10.5 Å². The van der Waals surface area contributed by atoms with E-state index in [4.69, 9.17) is 22.6 Å². The summed E-state index contributed by atoms with van der Waals surface area (Å²) in [7, 11) is 0. The van der Waals surface area contributed by atoms with Gasteiger partial charge in [0.1, 0.15) is 44.1 Å². The van der Waals surface area contributed by atoms with E-state index in [2.05, 4.69) is 19.7 Å². The Balaban J connectivity index is 1.16. The molecule has 2 aromatic heterocycles. The SMILES string of the molecule is [C-]#[N+]C(C#N)=C1C(=Nc2cc3c(s2)-c2cc4c(cc2C(C)(C)O3)-c2sc(N=C3C(=O)c5cc(F)c(F)cc5/C3=C(/C#N)[N+]#[C-])cc2OC4(C)C)C(=O)c2cc(F)c(F)cc21. The topological polar surface area (TPSA) is 134 Å². The minimum atomic E-state index is -1.26. The van der Waals surface area contributed by atoms with E-state index in [9.17, 15) is 37.7 Å². The Morgan fingerprint density at radius 1 is 0.600 bits per heavy atom. The van der Waals surface area contributed by atoms with Crippen LogP contribution in [0, 0.1) is 59.1 Å². The van der Waals surface area contributed by atoms with Crippen molar-refractivity contribution >= 4 is 66.8 Å². The van der Waals surface area contributed by atoms with Crippen LogP contribution < -0.4 is 9.47 Å². The lowest BCUT2D eigenvalue weighted by Gasteiger charge is -2.38. The van der Waals surface area contributed by atoms with Crippen molar-refractivity contribution in [2.75, 3.05) is 0 Å². The average molecular weight is 837 g/mol. The number of carbonyl (C=O) groups excluding carboxylic acids is 2. The van der Waals surface area contributed by atoms with E-state index in [1.54, 1.807) is 24.3 Å². The van der Waals surface area contributed by atoms with Crippen molar-refractivity contribution < 1.29 is 36.6 Å². The molecule has 0 saturated heterocycles. The zero-order valence-corrected chi connectivity index (χ0v) is 32.9. The highest BCUT2D eigenvalue weighted by molar-refractivity contribution is 7.20. The number of hydrogen-bond donors (Lipinski definition) is 0. The number of halogens is 4. The van der Waals surface area contributed by atoms with E-state index in [1.807, 2.05) is 39.8 Å². The van der Waals surface area contributed by atoms with Gasteiger partial charge in [-0.15, -0.1) is 22.7 Å². The van der Waals surface area contributed by atoms with Gasteiger partial charge in [-0.05, 0) is 75.2 Å². The molecule has 0 N–H and O–H groups in total. The molecule has 5 aromatic rings. The summed E-state index contributed by atoms with van der Waals surface area (Å²) in [4.78, 5) is 44.0. The number of aliphatic imine (C=N–C) groups is 2. The molecule has 0 amide bonds. The quantitative estimate of drug-likeness (QED) is 0.0987. The first-order valence-corrected chi connectivity index (χ1v) is 19.3. The maximum atomic E-state index is 14.4. The standard InChI is InChI=1S/C44H20F4N6O4S2/c1-43(2)23-7-22-24(8-21(23)41-31(57-43)13-33(59-41)53-37-35(29(15-49)51-5)17-9-25(45)27(47)11-19(17)39(37)55)44(3,4)58-32-14-34(60-42(22)32)54-38-36(30(16-50)52-6)18-10-26(46)28(48)12-20(18)40(38)56/h7-14H,1-4H3/b35-29+,36-30?,53-37?,54-38?. The molecular formula is C44H20F4N6O4S2. The summed E-state index contributed by atoms with van der Waals surface area (Å²) in [6.07, 6.45) is 0. The Bertz CT molecular complexity index is 3000. The van der Waals surface area contributed by atoms with Crippen molar-refractivity contribution in [1.82, 2.24) is 0 Å². The Hall–Kier alpha value is -7.50. The van der Waals surface area contributed by atoms with E-state index >= 15 is 0 Å². The molecule has 4 aliphatic rings. The lowest BCUT2D eigenvalue weighted by molar-refractivity contribution is 0.102. The van der Waals surface area contributed by atoms with Gasteiger partial charge in [0.25, 0.3) is 11.4 Å². The average Bonchev–Trinajstić information content (AvgIpc) is 3.92. The van der Waals surface area contributed by atoms with Crippen LogP contribution in [0.15, 0.2) is 69.9 Å². The summed E-state index contributed by atoms with van der Waals surface area (Å²) in [5.74, 6) is -5.72. The lowest BCUT2D eigenvalue weighted by atomic mass is 9.81. The second kappa shape index (κ2) is 13.0. The highest BCUT2D eigenvalue weighted by Gasteiger charge is 2.42. The van der Waals surface area contributed by atoms with Crippen LogP contribution in [0.2, 0.25) is 0 Å². The molecule has 16 heteroatoms. The fourth-order valence-corrected chi connectivity index (χ4v) is 9.78. The first-order chi connectivity index (χ1) is 28.5. The van der Waals surface area contributed by atoms with Crippen LogP contribution >= 0.6 is 22.7 Å². The molecule has 60 heavy (non-hydrogen) atoms. The van der Waals surface area contributed by atoms with E-state index in [1.165, 1.54) is 0 Å². The van der Waals surface area contributed by atoms with Gasteiger partial charge in [0, 0.05) is 56.7 Å². The number of allylic oxidation sites excluding steroid dienone is 4. The maximum absolute atomic E-state index is 14.4. The fourth-order valence-electron chi connectivity index (χ4n) is 7.80. The molecule has 0 spiro atoms. The zero-order valence-electron chi connectivity index (χ0n) is 31.3. The molecule has 3 aromatic carbocycles. The van der Waals surface area contributed by atoms with Gasteiger partial charge in [-0.3, -0.25) is 9.59 Å². The van der Waals surface area contributed by atoms with E-state index in [0.29, 0.717) is 21.3 Å². The zero-order chi connectivity index (χ0) is 42.7. The first kappa shape index (κ1) is 38.0. The number of nitrogens with zero attached hydrogens (tertiary/aromatic N) is 6. The van der Waals surface area contributed by atoms with Crippen LogP contribution in [0.25, 0.3) is 41.7 Å². The maximum Gasteiger partial charge on any atom is 0.271 e. The monoisotopic (exact) mass is 836 g/mol. The van der Waals surface area contributed by atoms with Gasteiger partial charge >= 0.3 is 0 Å². The molecule has 290 valence electrons. The number of rotatable bonds is 2. The predicted octanol–water partition coefficient (Wildman–Crippen LogP) is 11.2. The van der Waals surface area contributed by atoms with Crippen molar-refractivity contribution in [2.24, 2.45) is 9.98 Å². The summed E-state index contributed by atoms with van der Waals surface area (Å²) in [5, 5.41) is 20.0. The molecule has 0 radical (unpaired) electrons. The van der Waals surface area contributed by atoms with Crippen molar-refractivity contribution in [3.05, 3.63) is 139 Å². The van der Waals surface area contributed by atoms with Crippen LogP contribution in [-0.4, -0.2) is 23.0 Å². The molecule has 0 fully saturated rings. The van der Waals surface area contributed by atoms with Crippen LogP contribution in [0.1, 0.15) is 70.7 Å². The number of ketones is 2. The number of thiophene rings is 2. The van der Waals surface area contributed by atoms with Crippen molar-refractivity contribution in [3.8, 4) is 44.5 Å². The highest BCUT2D eigenvalue weighted by atomic mass is 32.1. The van der Waals surface area contributed by atoms with Gasteiger partial charge in [-0.2, -0.15) is 0 Å².